The number of nitrogens with zero attached hydrogens (tertiary/aromatic N) is 1. The van der Waals surface area contributed by atoms with Crippen LogP contribution in [0.3, 0.4) is 0 Å². The van der Waals surface area contributed by atoms with Crippen LogP contribution >= 0.6 is 7.82 Å². The molecule has 332 valence electrons. The molecule has 1 N–H and O–H groups in total. The van der Waals surface area contributed by atoms with Crippen LogP contribution in [0.25, 0.3) is 0 Å². The van der Waals surface area contributed by atoms with E-state index in [1.807, 2.05) is 0 Å². The van der Waals surface area contributed by atoms with Crippen molar-refractivity contribution < 1.29 is 52.0 Å². The summed E-state index contributed by atoms with van der Waals surface area (Å²) in [6.07, 6.45) is 30.2. The third kappa shape index (κ3) is 24.5. The van der Waals surface area contributed by atoms with Gasteiger partial charge < -0.3 is 14.4 Å². The molecule has 1 aliphatic heterocycles. The van der Waals surface area contributed by atoms with Crippen molar-refractivity contribution in [1.29, 1.82) is 0 Å². The maximum absolute atomic E-state index is 12.7. The first-order valence-corrected chi connectivity index (χ1v) is 24.3. The number of phosphoric ester groups is 1. The number of unbranched alkanes of at least 4 members (excludes halogenated alkanes) is 24. The number of ether oxygens (including phenoxy) is 2. The van der Waals surface area contributed by atoms with E-state index >= 15 is 0 Å². The number of rotatable bonds is 39. The zero-order valence-corrected chi connectivity index (χ0v) is 36.8. The summed E-state index contributed by atoms with van der Waals surface area (Å²) in [6, 6.07) is 6.26. The second kappa shape index (κ2) is 33.1. The summed E-state index contributed by atoms with van der Waals surface area (Å²) in [4.78, 5) is 65.7. The van der Waals surface area contributed by atoms with Crippen LogP contribution in [0.1, 0.15) is 214 Å². The molecule has 0 radical (unpaired) electrons. The van der Waals surface area contributed by atoms with E-state index in [-0.39, 0.29) is 30.6 Å². The van der Waals surface area contributed by atoms with Crippen molar-refractivity contribution in [2.75, 3.05) is 26.4 Å². The van der Waals surface area contributed by atoms with Gasteiger partial charge in [-0.1, -0.05) is 180 Å². The average molecular weight is 838 g/mol. The van der Waals surface area contributed by atoms with E-state index in [9.17, 15) is 28.6 Å². The normalized spacial score (nSPS) is 14.1. The number of hydrogen-bond acceptors (Lipinski definition) is 10. The van der Waals surface area contributed by atoms with Crippen LogP contribution in [-0.2, 0) is 37.5 Å². The van der Waals surface area contributed by atoms with Crippen LogP contribution in [0.5, 0.6) is 0 Å². The van der Waals surface area contributed by atoms with E-state index in [1.54, 1.807) is 12.1 Å². The highest BCUT2D eigenvalue weighted by Gasteiger charge is 2.36. The number of hydrogen-bond donors (Lipinski definition) is 1. The van der Waals surface area contributed by atoms with Crippen molar-refractivity contribution in [3.05, 3.63) is 35.4 Å². The summed E-state index contributed by atoms with van der Waals surface area (Å²) < 4.78 is 33.7. The molecule has 58 heavy (non-hydrogen) atoms. The van der Waals surface area contributed by atoms with Crippen LogP contribution in [0.4, 0.5) is 0 Å². The molecule has 0 aliphatic carbocycles. The highest BCUT2D eigenvalue weighted by Crippen LogP contribution is 2.43. The monoisotopic (exact) mass is 838 g/mol. The second-order valence-electron chi connectivity index (χ2n) is 15.7. The Kier molecular flexibility index (Phi) is 29.4. The molecule has 1 unspecified atom stereocenters. The summed E-state index contributed by atoms with van der Waals surface area (Å²) in [5.74, 6) is -2.23. The van der Waals surface area contributed by atoms with Crippen molar-refractivity contribution in [1.82, 2.24) is 5.06 Å². The van der Waals surface area contributed by atoms with E-state index in [4.69, 9.17) is 23.4 Å². The maximum Gasteiger partial charge on any atom is 0.472 e. The Bertz CT molecular complexity index is 1290. The van der Waals surface area contributed by atoms with Gasteiger partial charge in [0.1, 0.15) is 6.61 Å². The first-order chi connectivity index (χ1) is 28.2. The Morgan fingerprint density at radius 3 is 1.40 bits per heavy atom. The molecular formula is C45H76NO11P. The molecular weight excluding hydrogens is 761 g/mol. The SMILES string of the molecule is CCCCCCCCCCCCCCCC(=O)OC[C@H](COP(=O)(O)OCCON1C(=O)c2ccccc2C1=O)OC(=O)CCCCCCCCCCCCCCC. The number of amides is 2. The second-order valence-corrected chi connectivity index (χ2v) is 17.1. The molecule has 0 saturated carbocycles. The van der Waals surface area contributed by atoms with E-state index in [0.29, 0.717) is 17.9 Å². The molecule has 1 aliphatic rings. The van der Waals surface area contributed by atoms with Crippen LogP contribution in [0, 0.1) is 0 Å². The standard InChI is InChI=1S/C45H76NO11P/c1-3-5-7-9-11-13-15-17-19-21-23-25-27-33-42(47)53-37-39(57-43(48)34-28-26-24-22-20-18-16-14-12-10-8-6-4-2)38-56-58(51,52)55-36-35-54-46-44(49)40-31-29-30-32-41(40)45(46)50/h29-32,39H,3-28,33-38H2,1-2H3,(H,51,52)/t39-/m1/s1. The van der Waals surface area contributed by atoms with Gasteiger partial charge in [-0.05, 0) is 25.0 Å². The predicted molar refractivity (Wildman–Crippen MR) is 226 cm³/mol. The molecule has 13 heteroatoms. The van der Waals surface area contributed by atoms with Gasteiger partial charge in [-0.2, -0.15) is 0 Å². The average Bonchev–Trinajstić information content (AvgIpc) is 3.45. The fraction of sp³-hybridized carbons (Fsp3) is 0.778. The summed E-state index contributed by atoms with van der Waals surface area (Å²) in [5, 5.41) is 0.580. The van der Waals surface area contributed by atoms with Crippen molar-refractivity contribution in [2.45, 2.75) is 200 Å². The molecule has 2 atom stereocenters. The lowest BCUT2D eigenvalue weighted by molar-refractivity contribution is -0.161. The van der Waals surface area contributed by atoms with Gasteiger partial charge in [-0.15, -0.1) is 5.06 Å². The Labute approximate surface area is 349 Å². The molecule has 1 heterocycles. The number of fused-ring (bicyclic) bond motifs is 1. The van der Waals surface area contributed by atoms with E-state index in [1.165, 1.54) is 128 Å². The van der Waals surface area contributed by atoms with Gasteiger partial charge in [0.15, 0.2) is 6.10 Å². The molecule has 1 aromatic carbocycles. The van der Waals surface area contributed by atoms with Crippen LogP contribution in [0.2, 0.25) is 0 Å². The fourth-order valence-electron chi connectivity index (χ4n) is 6.97. The van der Waals surface area contributed by atoms with E-state index < -0.39 is 57.5 Å². The first kappa shape index (κ1) is 51.5. The minimum atomic E-state index is -4.68. The molecule has 0 fully saturated rings. The van der Waals surface area contributed by atoms with Gasteiger partial charge in [0.05, 0.1) is 30.9 Å². The topological polar surface area (TPSA) is 155 Å². The first-order valence-electron chi connectivity index (χ1n) is 22.8. The Hall–Kier alpha value is -2.63. The Morgan fingerprint density at radius 2 is 0.966 bits per heavy atom. The third-order valence-electron chi connectivity index (χ3n) is 10.4. The Balaban J connectivity index is 1.69. The number of esters is 2. The van der Waals surface area contributed by atoms with Gasteiger partial charge >= 0.3 is 19.8 Å². The number of carbonyl (C=O) groups is 4. The highest BCUT2D eigenvalue weighted by atomic mass is 31.2. The molecule has 2 amide bonds. The van der Waals surface area contributed by atoms with Gasteiger partial charge in [-0.3, -0.25) is 33.1 Å². The number of hydroxylamine groups is 2. The Morgan fingerprint density at radius 1 is 0.569 bits per heavy atom. The lowest BCUT2D eigenvalue weighted by Crippen LogP contribution is -2.31. The van der Waals surface area contributed by atoms with Crippen LogP contribution in [0.15, 0.2) is 24.3 Å². The number of benzene rings is 1. The van der Waals surface area contributed by atoms with Crippen molar-refractivity contribution >= 4 is 31.6 Å². The molecule has 2 rings (SSSR count). The van der Waals surface area contributed by atoms with Gasteiger partial charge in [0.25, 0.3) is 11.8 Å². The quantitative estimate of drug-likeness (QED) is 0.0291. The van der Waals surface area contributed by atoms with Crippen LogP contribution in [-0.4, -0.2) is 66.2 Å². The van der Waals surface area contributed by atoms with E-state index in [0.717, 1.165) is 38.5 Å². The summed E-state index contributed by atoms with van der Waals surface area (Å²) in [5.41, 5.74) is 0.397. The van der Waals surface area contributed by atoms with Gasteiger partial charge in [0.2, 0.25) is 0 Å². The molecule has 0 spiro atoms. The number of phosphoric acid groups is 1. The molecule has 0 aromatic heterocycles. The molecule has 0 saturated heterocycles. The third-order valence-corrected chi connectivity index (χ3v) is 11.4. The minimum Gasteiger partial charge on any atom is -0.462 e. The number of imide groups is 1. The molecule has 0 bridgehead atoms. The minimum absolute atomic E-state index is 0.170. The van der Waals surface area contributed by atoms with Crippen molar-refractivity contribution in [3.8, 4) is 0 Å². The van der Waals surface area contributed by atoms with Gasteiger partial charge in [0, 0.05) is 12.8 Å². The smallest absolute Gasteiger partial charge is 0.462 e. The highest BCUT2D eigenvalue weighted by molar-refractivity contribution is 7.47. The van der Waals surface area contributed by atoms with Crippen molar-refractivity contribution in [2.24, 2.45) is 0 Å². The van der Waals surface area contributed by atoms with E-state index in [2.05, 4.69) is 13.8 Å². The number of carbonyl (C=O) groups excluding carboxylic acids is 4. The summed E-state index contributed by atoms with van der Waals surface area (Å²) >= 11 is 0. The summed E-state index contributed by atoms with van der Waals surface area (Å²) in [6.45, 7) is 2.71. The lowest BCUT2D eigenvalue weighted by Gasteiger charge is -2.20. The lowest BCUT2D eigenvalue weighted by atomic mass is 10.0. The predicted octanol–water partition coefficient (Wildman–Crippen LogP) is 11.8. The molecule has 12 nitrogen and oxygen atoms in total. The fourth-order valence-corrected chi connectivity index (χ4v) is 7.71. The maximum atomic E-state index is 12.7. The zero-order chi connectivity index (χ0) is 42.1. The van der Waals surface area contributed by atoms with Crippen LogP contribution < -0.4 is 0 Å². The van der Waals surface area contributed by atoms with Gasteiger partial charge in [-0.25, -0.2) is 4.57 Å². The summed E-state index contributed by atoms with van der Waals surface area (Å²) in [7, 11) is -4.68. The largest absolute Gasteiger partial charge is 0.472 e. The molecule has 1 aromatic rings. The van der Waals surface area contributed by atoms with Crippen molar-refractivity contribution in [3.63, 3.8) is 0 Å². The zero-order valence-electron chi connectivity index (χ0n) is 35.9.